The van der Waals surface area contributed by atoms with Crippen LogP contribution in [0.5, 0.6) is 0 Å². The second-order valence-electron chi connectivity index (χ2n) is 8.50. The molecule has 0 aromatic heterocycles. The SMILES string of the molecule is CC1(C)O[C@H]([C@@H](NCc2ccccc2)C2SCCCS2)[C@H](COCc2ccccc2)O1. The number of hydrogen-bond donors (Lipinski definition) is 1. The minimum absolute atomic E-state index is 0.0578. The minimum atomic E-state index is -0.609. The van der Waals surface area contributed by atoms with Gasteiger partial charge >= 0.3 is 0 Å². The number of nitrogens with one attached hydrogen (secondary N) is 1. The molecule has 0 aliphatic carbocycles. The highest BCUT2D eigenvalue weighted by molar-refractivity contribution is 8.17. The number of hydrogen-bond acceptors (Lipinski definition) is 6. The molecule has 2 heterocycles. The first kappa shape index (κ1) is 23.1. The first-order valence-corrected chi connectivity index (χ1v) is 13.2. The van der Waals surface area contributed by atoms with Gasteiger partial charge in [0.1, 0.15) is 12.2 Å². The van der Waals surface area contributed by atoms with E-state index in [4.69, 9.17) is 14.2 Å². The van der Waals surface area contributed by atoms with Crippen LogP contribution in [-0.2, 0) is 27.4 Å². The van der Waals surface area contributed by atoms with E-state index >= 15 is 0 Å². The summed E-state index contributed by atoms with van der Waals surface area (Å²) in [5.74, 6) is 1.79. The lowest BCUT2D eigenvalue weighted by Crippen LogP contribution is -2.51. The van der Waals surface area contributed by atoms with E-state index < -0.39 is 5.79 Å². The summed E-state index contributed by atoms with van der Waals surface area (Å²) in [6.45, 7) is 5.94. The maximum absolute atomic E-state index is 6.48. The monoisotopic (exact) mass is 459 g/mol. The third-order valence-electron chi connectivity index (χ3n) is 5.50. The van der Waals surface area contributed by atoms with Crippen LogP contribution in [0.4, 0.5) is 0 Å². The van der Waals surface area contributed by atoms with Gasteiger partial charge < -0.3 is 19.5 Å². The molecule has 2 aliphatic rings. The Morgan fingerprint density at radius 2 is 1.61 bits per heavy atom. The van der Waals surface area contributed by atoms with Crippen molar-refractivity contribution in [1.29, 1.82) is 0 Å². The molecule has 0 amide bonds. The zero-order valence-corrected chi connectivity index (χ0v) is 20.0. The Labute approximate surface area is 194 Å². The van der Waals surface area contributed by atoms with Crippen molar-refractivity contribution in [2.75, 3.05) is 18.1 Å². The average Bonchev–Trinajstić information content (AvgIpc) is 3.10. The molecule has 168 valence electrons. The van der Waals surface area contributed by atoms with Gasteiger partial charge in [0.05, 0.1) is 23.8 Å². The van der Waals surface area contributed by atoms with E-state index in [0.717, 1.165) is 6.54 Å². The van der Waals surface area contributed by atoms with Crippen molar-refractivity contribution in [1.82, 2.24) is 5.32 Å². The van der Waals surface area contributed by atoms with Gasteiger partial charge in [-0.25, -0.2) is 0 Å². The molecule has 4 rings (SSSR count). The molecule has 2 fully saturated rings. The van der Waals surface area contributed by atoms with Gasteiger partial charge in [0.15, 0.2) is 5.79 Å². The van der Waals surface area contributed by atoms with Crippen LogP contribution >= 0.6 is 23.5 Å². The Balaban J connectivity index is 1.44. The Morgan fingerprint density at radius 3 is 2.29 bits per heavy atom. The van der Waals surface area contributed by atoms with Crippen LogP contribution in [0.1, 0.15) is 31.4 Å². The minimum Gasteiger partial charge on any atom is -0.374 e. The normalized spacial score (nSPS) is 24.8. The van der Waals surface area contributed by atoms with E-state index in [1.165, 1.54) is 29.1 Å². The van der Waals surface area contributed by atoms with E-state index in [1.807, 2.05) is 55.6 Å². The van der Waals surface area contributed by atoms with Gasteiger partial charge in [-0.1, -0.05) is 60.7 Å². The molecule has 2 aromatic carbocycles. The zero-order chi connectivity index (χ0) is 21.5. The number of thioether (sulfide) groups is 2. The fraction of sp³-hybridized carbons (Fsp3) is 0.520. The van der Waals surface area contributed by atoms with Gasteiger partial charge in [-0.3, -0.25) is 0 Å². The lowest BCUT2D eigenvalue weighted by Gasteiger charge is -2.35. The average molecular weight is 460 g/mol. The highest BCUT2D eigenvalue weighted by Gasteiger charge is 2.47. The van der Waals surface area contributed by atoms with Crippen LogP contribution < -0.4 is 5.32 Å². The Kier molecular flexibility index (Phi) is 8.37. The zero-order valence-electron chi connectivity index (χ0n) is 18.4. The second kappa shape index (κ2) is 11.2. The Bertz CT molecular complexity index is 784. The van der Waals surface area contributed by atoms with Crippen molar-refractivity contribution in [2.45, 2.75) is 62.0 Å². The quantitative estimate of drug-likeness (QED) is 0.564. The molecule has 0 radical (unpaired) electrons. The fourth-order valence-electron chi connectivity index (χ4n) is 4.08. The molecule has 0 saturated carbocycles. The third-order valence-corrected chi connectivity index (χ3v) is 8.61. The van der Waals surface area contributed by atoms with Crippen molar-refractivity contribution in [3.63, 3.8) is 0 Å². The van der Waals surface area contributed by atoms with Gasteiger partial charge in [0.25, 0.3) is 0 Å². The van der Waals surface area contributed by atoms with Gasteiger partial charge in [-0.2, -0.15) is 0 Å². The Morgan fingerprint density at radius 1 is 0.968 bits per heavy atom. The maximum atomic E-state index is 6.48. The van der Waals surface area contributed by atoms with E-state index in [0.29, 0.717) is 17.8 Å². The molecule has 0 unspecified atom stereocenters. The number of ether oxygens (including phenoxy) is 3. The summed E-state index contributed by atoms with van der Waals surface area (Å²) in [4.78, 5) is 0. The smallest absolute Gasteiger partial charge is 0.163 e. The molecular weight excluding hydrogens is 426 g/mol. The van der Waals surface area contributed by atoms with Crippen LogP contribution in [0, 0.1) is 0 Å². The lowest BCUT2D eigenvalue weighted by atomic mass is 10.1. The van der Waals surface area contributed by atoms with Crippen molar-refractivity contribution in [3.8, 4) is 0 Å². The van der Waals surface area contributed by atoms with Gasteiger partial charge in [0.2, 0.25) is 0 Å². The molecule has 2 aliphatic heterocycles. The molecule has 0 spiro atoms. The molecule has 4 nitrogen and oxygen atoms in total. The van der Waals surface area contributed by atoms with Crippen LogP contribution in [0.2, 0.25) is 0 Å². The predicted molar refractivity (Wildman–Crippen MR) is 130 cm³/mol. The van der Waals surface area contributed by atoms with Crippen molar-refractivity contribution in [3.05, 3.63) is 71.8 Å². The van der Waals surface area contributed by atoms with Gasteiger partial charge in [-0.05, 0) is 42.9 Å². The summed E-state index contributed by atoms with van der Waals surface area (Å²) in [6.07, 6.45) is 1.11. The molecule has 2 saturated heterocycles. The fourth-order valence-corrected chi connectivity index (χ4v) is 7.22. The van der Waals surface area contributed by atoms with Gasteiger partial charge in [-0.15, -0.1) is 23.5 Å². The van der Waals surface area contributed by atoms with E-state index in [9.17, 15) is 0 Å². The molecular formula is C25H33NO3S2. The summed E-state index contributed by atoms with van der Waals surface area (Å²) < 4.78 is 19.3. The van der Waals surface area contributed by atoms with E-state index in [-0.39, 0.29) is 18.2 Å². The number of benzene rings is 2. The topological polar surface area (TPSA) is 39.7 Å². The van der Waals surface area contributed by atoms with Crippen molar-refractivity contribution >= 4 is 23.5 Å². The predicted octanol–water partition coefficient (Wildman–Crippen LogP) is 5.08. The largest absolute Gasteiger partial charge is 0.374 e. The highest BCUT2D eigenvalue weighted by atomic mass is 32.2. The van der Waals surface area contributed by atoms with Crippen molar-refractivity contribution in [2.24, 2.45) is 0 Å². The lowest BCUT2D eigenvalue weighted by molar-refractivity contribution is -0.152. The molecule has 31 heavy (non-hydrogen) atoms. The maximum Gasteiger partial charge on any atom is 0.163 e. The molecule has 2 aromatic rings. The molecule has 3 atom stereocenters. The number of rotatable bonds is 9. The first-order chi connectivity index (χ1) is 15.1. The molecule has 0 bridgehead atoms. The third kappa shape index (κ3) is 6.73. The summed E-state index contributed by atoms with van der Waals surface area (Å²) in [5.41, 5.74) is 2.46. The summed E-state index contributed by atoms with van der Waals surface area (Å²) in [5, 5.41) is 3.82. The molecule has 6 heteroatoms. The molecule has 1 N–H and O–H groups in total. The Hall–Kier alpha value is -1.02. The van der Waals surface area contributed by atoms with E-state index in [2.05, 4.69) is 47.8 Å². The van der Waals surface area contributed by atoms with Crippen LogP contribution in [-0.4, -0.2) is 46.7 Å². The van der Waals surface area contributed by atoms with Crippen LogP contribution in [0.25, 0.3) is 0 Å². The summed E-state index contributed by atoms with van der Waals surface area (Å²) in [6, 6.07) is 21.1. The summed E-state index contributed by atoms with van der Waals surface area (Å²) in [7, 11) is 0. The summed E-state index contributed by atoms with van der Waals surface area (Å²) >= 11 is 4.08. The van der Waals surface area contributed by atoms with Crippen LogP contribution in [0.3, 0.4) is 0 Å². The van der Waals surface area contributed by atoms with E-state index in [1.54, 1.807) is 0 Å². The first-order valence-electron chi connectivity index (χ1n) is 11.1. The van der Waals surface area contributed by atoms with Crippen molar-refractivity contribution < 1.29 is 14.2 Å². The van der Waals surface area contributed by atoms with Crippen LogP contribution in [0.15, 0.2) is 60.7 Å². The highest BCUT2D eigenvalue weighted by Crippen LogP contribution is 2.39. The standard InChI is InChI=1S/C25H33NO3S2/c1-25(2)28-21(18-27-17-20-12-7-4-8-13-20)23(29-25)22(24-30-14-9-15-31-24)26-16-19-10-5-3-6-11-19/h3-8,10-13,21-24,26H,9,14-18H2,1-2H3/t21-,22+,23-/m0/s1. The van der Waals surface area contributed by atoms with Gasteiger partial charge in [0, 0.05) is 6.54 Å². The second-order valence-corrected chi connectivity index (χ2v) is 11.3.